The minimum absolute atomic E-state index is 0.241. The molecule has 0 unspecified atom stereocenters. The van der Waals surface area contributed by atoms with Gasteiger partial charge in [0.2, 0.25) is 0 Å². The summed E-state index contributed by atoms with van der Waals surface area (Å²) in [5.74, 6) is 0. The molecule has 15 aromatic rings. The third kappa shape index (κ3) is 6.05. The Labute approximate surface area is 444 Å². The van der Waals surface area contributed by atoms with E-state index in [0.717, 1.165) is 89.1 Å². The highest BCUT2D eigenvalue weighted by Crippen LogP contribution is 2.51. The lowest BCUT2D eigenvalue weighted by molar-refractivity contribution is 0.671. The fraction of sp³-hybridized carbons (Fsp3) is 0. The van der Waals surface area contributed by atoms with Crippen LogP contribution in [0.5, 0.6) is 0 Å². The van der Waals surface area contributed by atoms with Gasteiger partial charge in [0, 0.05) is 66.2 Å². The number of anilines is 3. The topological polar surface area (TPSA) is 26.2 Å². The van der Waals surface area contributed by atoms with Gasteiger partial charge in [0.15, 0.2) is 0 Å². The van der Waals surface area contributed by atoms with Crippen LogP contribution >= 0.6 is 0 Å². The highest BCUT2D eigenvalue weighted by atomic mass is 16.3. The molecule has 4 nitrogen and oxygen atoms in total. The molecule has 0 spiro atoms. The van der Waals surface area contributed by atoms with E-state index in [2.05, 4.69) is 281 Å². The summed E-state index contributed by atoms with van der Waals surface area (Å²) in [5.41, 5.74) is 25.1. The Morgan fingerprint density at radius 2 is 0.883 bits per heavy atom. The highest BCUT2D eigenvalue weighted by molar-refractivity contribution is 7.01. The van der Waals surface area contributed by atoms with Crippen LogP contribution in [0.25, 0.3) is 121 Å². The number of rotatable bonds is 6. The van der Waals surface area contributed by atoms with Gasteiger partial charge in [-0.25, -0.2) is 0 Å². The van der Waals surface area contributed by atoms with Crippen molar-refractivity contribution in [1.29, 1.82) is 0 Å². The van der Waals surface area contributed by atoms with Crippen LogP contribution in [0, 0.1) is 0 Å². The molecule has 17 rings (SSSR count). The molecule has 0 fully saturated rings. The van der Waals surface area contributed by atoms with Crippen LogP contribution in [0.3, 0.4) is 0 Å². The average molecular weight is 978 g/mol. The van der Waals surface area contributed by atoms with Gasteiger partial charge < -0.3 is 18.5 Å². The molecule has 0 bridgehead atoms. The number of hydrogen-bond donors (Lipinski definition) is 0. The van der Waals surface area contributed by atoms with Gasteiger partial charge in [-0.15, -0.1) is 0 Å². The Bertz CT molecular complexity index is 4850. The van der Waals surface area contributed by atoms with Gasteiger partial charge >= 0.3 is 0 Å². The smallest absolute Gasteiger partial charge is 0.257 e. The second-order valence-corrected chi connectivity index (χ2v) is 20.7. The van der Waals surface area contributed by atoms with E-state index in [1.165, 1.54) is 65.8 Å². The van der Waals surface area contributed by atoms with E-state index in [0.29, 0.717) is 0 Å². The zero-order valence-electron chi connectivity index (χ0n) is 41.7. The van der Waals surface area contributed by atoms with Crippen molar-refractivity contribution < 1.29 is 4.42 Å². The molecule has 0 aliphatic carbocycles. The molecule has 5 heterocycles. The van der Waals surface area contributed by atoms with E-state index in [-0.39, 0.29) is 6.71 Å². The summed E-state index contributed by atoms with van der Waals surface area (Å²) >= 11 is 0. The van der Waals surface area contributed by atoms with Crippen LogP contribution in [0.15, 0.2) is 271 Å². The number of nitrogens with zero attached hydrogens (tertiary/aromatic N) is 3. The van der Waals surface area contributed by atoms with E-state index in [4.69, 9.17) is 4.42 Å². The normalized spacial score (nSPS) is 12.6. The summed E-state index contributed by atoms with van der Waals surface area (Å²) < 4.78 is 12.4. The highest BCUT2D eigenvalue weighted by Gasteiger charge is 2.46. The standard InChI is InChI=1S/C72H44BN3O/c1-6-21-45(22-7-1)49-37-38-62-56(39-49)57-43-64-60(44-63(57)74(62)51-29-14-5-15-30-51)73-68-65(75-61-35-18-16-31-54(61)58-42-59-55-32-17-19-36-67(55)77-72(59)69(73)71(58)75)40-50(46-23-8-2-9-24-46)41-66(68)76(64)70-52(47-25-10-3-11-26-47)33-20-34-53(70)48-27-12-4-13-28-48/h1-44H. The number of para-hydroxylation sites is 4. The predicted molar refractivity (Wildman–Crippen MR) is 323 cm³/mol. The van der Waals surface area contributed by atoms with Crippen molar-refractivity contribution in [2.24, 2.45) is 0 Å². The van der Waals surface area contributed by atoms with Gasteiger partial charge in [0.05, 0.1) is 27.8 Å². The first-order chi connectivity index (χ1) is 38.2. The number of benzene rings is 12. The lowest BCUT2D eigenvalue weighted by Crippen LogP contribution is -2.60. The molecule has 5 heteroatoms. The summed E-state index contributed by atoms with van der Waals surface area (Å²) in [6, 6.07) is 98.5. The molecule has 0 saturated carbocycles. The molecule has 0 N–H and O–H groups in total. The second kappa shape index (κ2) is 16.2. The molecule has 3 aromatic heterocycles. The van der Waals surface area contributed by atoms with Crippen molar-refractivity contribution in [2.45, 2.75) is 0 Å². The molecule has 2 aliphatic rings. The number of aromatic nitrogens is 2. The van der Waals surface area contributed by atoms with Gasteiger partial charge in [0.25, 0.3) is 6.71 Å². The summed E-state index contributed by atoms with van der Waals surface area (Å²) in [4.78, 5) is 2.65. The van der Waals surface area contributed by atoms with Crippen LogP contribution in [0.1, 0.15) is 0 Å². The second-order valence-electron chi connectivity index (χ2n) is 20.7. The van der Waals surface area contributed by atoms with Gasteiger partial charge in [0.1, 0.15) is 11.2 Å². The maximum absolute atomic E-state index is 7.30. The van der Waals surface area contributed by atoms with Gasteiger partial charge in [-0.1, -0.05) is 200 Å². The maximum atomic E-state index is 7.30. The van der Waals surface area contributed by atoms with E-state index in [1.807, 2.05) is 0 Å². The molecule has 0 atom stereocenters. The van der Waals surface area contributed by atoms with Crippen molar-refractivity contribution in [3.05, 3.63) is 267 Å². The lowest BCUT2D eigenvalue weighted by Gasteiger charge is -2.42. The van der Waals surface area contributed by atoms with Crippen molar-refractivity contribution in [2.75, 3.05) is 4.90 Å². The van der Waals surface area contributed by atoms with Crippen molar-refractivity contribution in [3.63, 3.8) is 0 Å². The fourth-order valence-electron chi connectivity index (χ4n) is 13.4. The minimum Gasteiger partial charge on any atom is -0.457 e. The Kier molecular flexibility index (Phi) is 8.90. The summed E-state index contributed by atoms with van der Waals surface area (Å²) in [6.45, 7) is -0.241. The molecule has 77 heavy (non-hydrogen) atoms. The van der Waals surface area contributed by atoms with Gasteiger partial charge in [-0.05, 0) is 116 Å². The quantitative estimate of drug-likeness (QED) is 0.155. The predicted octanol–water partition coefficient (Wildman–Crippen LogP) is 17.1. The minimum atomic E-state index is -0.241. The van der Waals surface area contributed by atoms with Crippen molar-refractivity contribution in [3.8, 4) is 55.9 Å². The van der Waals surface area contributed by atoms with Crippen molar-refractivity contribution in [1.82, 2.24) is 9.13 Å². The summed E-state index contributed by atoms with van der Waals surface area (Å²) in [7, 11) is 0. The zero-order valence-corrected chi connectivity index (χ0v) is 41.7. The maximum Gasteiger partial charge on any atom is 0.257 e. The number of fused-ring (bicyclic) bond motifs is 14. The van der Waals surface area contributed by atoms with Crippen LogP contribution < -0.4 is 21.3 Å². The van der Waals surface area contributed by atoms with E-state index < -0.39 is 0 Å². The first kappa shape index (κ1) is 42.3. The number of hydrogen-bond acceptors (Lipinski definition) is 2. The fourth-order valence-corrected chi connectivity index (χ4v) is 13.4. The Balaban J connectivity index is 1.11. The van der Waals surface area contributed by atoms with E-state index in [9.17, 15) is 0 Å². The lowest BCUT2D eigenvalue weighted by atomic mass is 9.33. The van der Waals surface area contributed by atoms with Crippen LogP contribution in [0.2, 0.25) is 0 Å². The molecular weight excluding hydrogens is 934 g/mol. The monoisotopic (exact) mass is 977 g/mol. The molecule has 356 valence electrons. The van der Waals surface area contributed by atoms with E-state index in [1.54, 1.807) is 0 Å². The number of furan rings is 1. The molecule has 0 radical (unpaired) electrons. The van der Waals surface area contributed by atoms with Gasteiger partial charge in [-0.3, -0.25) is 0 Å². The molecular formula is C72H44BN3O. The van der Waals surface area contributed by atoms with Gasteiger partial charge in [-0.2, -0.15) is 0 Å². The largest absolute Gasteiger partial charge is 0.457 e. The molecule has 0 amide bonds. The SMILES string of the molecule is c1ccc(-c2cc3c4c(c2)-n2c5ccccc5c5cc6c(oc7ccccc76)c(c52)B4c2cc4c(cc2N3c2c(-c3ccccc3)cccc2-c2ccccc2)c2cc(-c3ccccc3)ccc2n4-c2ccccc2)cc1. The molecule has 0 saturated heterocycles. The molecule has 2 aliphatic heterocycles. The Hall–Kier alpha value is -10.1. The Morgan fingerprint density at radius 3 is 1.58 bits per heavy atom. The average Bonchev–Trinajstić information content (AvgIpc) is 4.27. The third-order valence-corrected chi connectivity index (χ3v) is 16.7. The van der Waals surface area contributed by atoms with Crippen LogP contribution in [0.4, 0.5) is 17.1 Å². The van der Waals surface area contributed by atoms with Crippen LogP contribution in [-0.2, 0) is 0 Å². The Morgan fingerprint density at radius 1 is 0.312 bits per heavy atom. The first-order valence-electron chi connectivity index (χ1n) is 26.6. The summed E-state index contributed by atoms with van der Waals surface area (Å²) in [5, 5.41) is 7.09. The zero-order chi connectivity index (χ0) is 50.3. The summed E-state index contributed by atoms with van der Waals surface area (Å²) in [6.07, 6.45) is 0. The molecule has 12 aromatic carbocycles. The third-order valence-electron chi connectivity index (χ3n) is 16.7. The van der Waals surface area contributed by atoms with Crippen LogP contribution in [-0.4, -0.2) is 15.8 Å². The van der Waals surface area contributed by atoms with E-state index >= 15 is 0 Å². The first-order valence-corrected chi connectivity index (χ1v) is 26.6. The van der Waals surface area contributed by atoms with Crippen molar-refractivity contribution >= 4 is 106 Å².